The fourth-order valence-corrected chi connectivity index (χ4v) is 4.11. The molecule has 4 nitrogen and oxygen atoms in total. The molecule has 0 aromatic heterocycles. The maximum atomic E-state index is 5.67. The highest BCUT2D eigenvalue weighted by atomic mass is 15.3. The molecule has 0 radical (unpaired) electrons. The van der Waals surface area contributed by atoms with Gasteiger partial charge >= 0.3 is 0 Å². The number of hydrogen-bond donors (Lipinski definition) is 1. The van der Waals surface area contributed by atoms with Crippen LogP contribution in [0.5, 0.6) is 0 Å². The van der Waals surface area contributed by atoms with Crippen molar-refractivity contribution in [1.29, 1.82) is 0 Å². The van der Waals surface area contributed by atoms with Crippen molar-refractivity contribution in [3.63, 3.8) is 0 Å². The topological polar surface area (TPSA) is 44.9 Å². The average molecular weight is 222 g/mol. The molecule has 4 heterocycles. The first kappa shape index (κ1) is 10.5. The van der Waals surface area contributed by atoms with Crippen LogP contribution < -0.4 is 5.84 Å². The van der Waals surface area contributed by atoms with E-state index in [1.165, 1.54) is 57.8 Å². The van der Waals surface area contributed by atoms with E-state index < -0.39 is 0 Å². The van der Waals surface area contributed by atoms with E-state index in [0.29, 0.717) is 5.92 Å². The summed E-state index contributed by atoms with van der Waals surface area (Å²) in [6.07, 6.45) is 2.47. The van der Waals surface area contributed by atoms with E-state index >= 15 is 0 Å². The van der Waals surface area contributed by atoms with E-state index in [0.717, 1.165) is 0 Å². The molecule has 2 atom stereocenters. The van der Waals surface area contributed by atoms with Crippen LogP contribution in [0.15, 0.2) is 5.10 Å². The van der Waals surface area contributed by atoms with Crippen LogP contribution in [-0.2, 0) is 0 Å². The molecule has 4 heteroatoms. The largest absolute Gasteiger partial charge is 0.323 e. The third kappa shape index (κ3) is 1.39. The zero-order valence-electron chi connectivity index (χ0n) is 10.2. The van der Waals surface area contributed by atoms with Gasteiger partial charge in [0.05, 0.1) is 5.71 Å². The van der Waals surface area contributed by atoms with E-state index in [1.54, 1.807) is 0 Å². The number of nitrogens with zero attached hydrogens (tertiary/aromatic N) is 3. The first-order chi connectivity index (χ1) is 7.77. The molecule has 4 saturated heterocycles. The van der Waals surface area contributed by atoms with Crippen molar-refractivity contribution in [3.05, 3.63) is 0 Å². The van der Waals surface area contributed by atoms with E-state index in [-0.39, 0.29) is 5.41 Å². The molecule has 0 spiro atoms. The van der Waals surface area contributed by atoms with E-state index in [4.69, 9.17) is 5.84 Å². The van der Waals surface area contributed by atoms with Gasteiger partial charge in [-0.05, 0) is 6.42 Å². The van der Waals surface area contributed by atoms with Crippen LogP contribution >= 0.6 is 0 Å². The lowest BCUT2D eigenvalue weighted by atomic mass is 9.68. The lowest BCUT2D eigenvalue weighted by molar-refractivity contribution is 0.110. The maximum absolute atomic E-state index is 5.67. The number of piperidine rings is 2. The van der Waals surface area contributed by atoms with Crippen LogP contribution in [-0.4, -0.2) is 54.8 Å². The van der Waals surface area contributed by atoms with Crippen molar-refractivity contribution in [1.82, 2.24) is 9.80 Å². The fourth-order valence-electron chi connectivity index (χ4n) is 4.11. The van der Waals surface area contributed by atoms with Gasteiger partial charge in [-0.15, -0.1) is 0 Å². The number of nitrogens with two attached hydrogens (primary N) is 1. The Labute approximate surface area is 97.5 Å². The molecule has 0 aromatic carbocycles. The molecule has 4 bridgehead atoms. The van der Waals surface area contributed by atoms with Crippen LogP contribution in [0.25, 0.3) is 0 Å². The average Bonchev–Trinajstić information content (AvgIpc) is 2.47. The van der Waals surface area contributed by atoms with Crippen molar-refractivity contribution >= 4 is 5.71 Å². The normalized spacial score (nSPS) is 48.6. The highest BCUT2D eigenvalue weighted by Gasteiger charge is 2.51. The summed E-state index contributed by atoms with van der Waals surface area (Å²) in [4.78, 5) is 5.25. The minimum atomic E-state index is 0.279. The summed E-state index contributed by atoms with van der Waals surface area (Å²) in [5, 5.41) is 4.18. The predicted octanol–water partition coefficient (Wildman–Crippen LogP) is 0.349. The van der Waals surface area contributed by atoms with Gasteiger partial charge in [0.15, 0.2) is 0 Å². The Kier molecular flexibility index (Phi) is 2.44. The maximum Gasteiger partial charge on any atom is 0.0519 e. The van der Waals surface area contributed by atoms with Gasteiger partial charge in [0, 0.05) is 50.6 Å². The lowest BCUT2D eigenvalue weighted by Crippen LogP contribution is -2.61. The summed E-state index contributed by atoms with van der Waals surface area (Å²) < 4.78 is 0. The Bertz CT molecular complexity index is 296. The van der Waals surface area contributed by atoms with Crippen LogP contribution in [0.4, 0.5) is 0 Å². The van der Waals surface area contributed by atoms with E-state index in [2.05, 4.69) is 21.8 Å². The molecule has 0 saturated carbocycles. The zero-order chi connectivity index (χ0) is 11.2. The summed E-state index contributed by atoms with van der Waals surface area (Å²) in [5.41, 5.74) is 1.60. The Balaban J connectivity index is 1.99. The Morgan fingerprint density at radius 1 is 1.31 bits per heavy atom. The van der Waals surface area contributed by atoms with Crippen LogP contribution in [0, 0.1) is 11.3 Å². The van der Waals surface area contributed by atoms with E-state index in [1.807, 2.05) is 0 Å². The third-order valence-corrected chi connectivity index (χ3v) is 4.54. The molecule has 2 N–H and O–H groups in total. The standard InChI is InChI=1S/C12H22N4/c1-2-3-12-8-15-4-5-16(9-12)7-10(6-15)11(12)14-13/h10H,2-9,13H2,1H3. The van der Waals surface area contributed by atoms with Gasteiger partial charge < -0.3 is 15.6 Å². The molecular formula is C12H22N4. The summed E-state index contributed by atoms with van der Waals surface area (Å²) in [5.74, 6) is 6.27. The smallest absolute Gasteiger partial charge is 0.0519 e. The van der Waals surface area contributed by atoms with Gasteiger partial charge in [-0.3, -0.25) is 0 Å². The number of fused-ring (bicyclic) bond motifs is 1. The van der Waals surface area contributed by atoms with Crippen LogP contribution in [0.2, 0.25) is 0 Å². The summed E-state index contributed by atoms with van der Waals surface area (Å²) in [7, 11) is 0. The van der Waals surface area contributed by atoms with Gasteiger partial charge in [0.25, 0.3) is 0 Å². The highest BCUT2D eigenvalue weighted by Crippen LogP contribution is 2.41. The van der Waals surface area contributed by atoms with E-state index in [9.17, 15) is 0 Å². The third-order valence-electron chi connectivity index (χ3n) is 4.54. The number of hydrogen-bond acceptors (Lipinski definition) is 4. The van der Waals surface area contributed by atoms with Crippen molar-refractivity contribution in [2.24, 2.45) is 22.3 Å². The lowest BCUT2D eigenvalue weighted by Gasteiger charge is -2.50. The molecule has 4 aliphatic heterocycles. The molecular weight excluding hydrogens is 200 g/mol. The van der Waals surface area contributed by atoms with Gasteiger partial charge in [-0.1, -0.05) is 13.3 Å². The van der Waals surface area contributed by atoms with Gasteiger partial charge in [0.2, 0.25) is 0 Å². The van der Waals surface area contributed by atoms with Crippen molar-refractivity contribution in [2.75, 3.05) is 39.3 Å². The SMILES string of the molecule is CCCC12CN3CCN(CC(C3)C1=NN)C2. The van der Waals surface area contributed by atoms with Gasteiger partial charge in [-0.2, -0.15) is 5.10 Å². The minimum Gasteiger partial charge on any atom is -0.323 e. The van der Waals surface area contributed by atoms with Crippen LogP contribution in [0.3, 0.4) is 0 Å². The Morgan fingerprint density at radius 2 is 1.94 bits per heavy atom. The molecule has 16 heavy (non-hydrogen) atoms. The number of rotatable bonds is 2. The Morgan fingerprint density at radius 3 is 2.44 bits per heavy atom. The zero-order valence-corrected chi connectivity index (χ0v) is 10.2. The summed E-state index contributed by atoms with van der Waals surface area (Å²) in [6, 6.07) is 0. The van der Waals surface area contributed by atoms with Crippen molar-refractivity contribution < 1.29 is 0 Å². The summed E-state index contributed by atoms with van der Waals surface area (Å²) in [6.45, 7) is 9.47. The van der Waals surface area contributed by atoms with Gasteiger partial charge in [-0.25, -0.2) is 0 Å². The molecule has 2 unspecified atom stereocenters. The molecule has 0 amide bonds. The molecule has 0 aromatic rings. The van der Waals surface area contributed by atoms with Crippen molar-refractivity contribution in [3.8, 4) is 0 Å². The van der Waals surface area contributed by atoms with Crippen LogP contribution in [0.1, 0.15) is 19.8 Å². The summed E-state index contributed by atoms with van der Waals surface area (Å²) >= 11 is 0. The fraction of sp³-hybridized carbons (Fsp3) is 0.917. The molecule has 4 rings (SSSR count). The second-order valence-electron chi connectivity index (χ2n) is 5.71. The Hall–Kier alpha value is -0.610. The molecule has 4 fully saturated rings. The quantitative estimate of drug-likeness (QED) is 0.541. The first-order valence-corrected chi connectivity index (χ1v) is 6.50. The molecule has 4 aliphatic rings. The second-order valence-corrected chi connectivity index (χ2v) is 5.71. The number of hydrazone groups is 1. The molecule has 0 aliphatic carbocycles. The predicted molar refractivity (Wildman–Crippen MR) is 65.3 cm³/mol. The van der Waals surface area contributed by atoms with Crippen molar-refractivity contribution in [2.45, 2.75) is 19.8 Å². The molecule has 90 valence electrons. The monoisotopic (exact) mass is 222 g/mol. The minimum absolute atomic E-state index is 0.279. The highest BCUT2D eigenvalue weighted by molar-refractivity contribution is 5.94. The second kappa shape index (κ2) is 3.70. The van der Waals surface area contributed by atoms with Gasteiger partial charge in [0.1, 0.15) is 0 Å². The first-order valence-electron chi connectivity index (χ1n) is 6.50.